The number of aromatic nitrogens is 2. The molecule has 0 N–H and O–H groups in total. The lowest BCUT2D eigenvalue weighted by atomic mass is 9.99. The molecule has 2 nitrogen and oxygen atoms in total. The predicted octanol–water partition coefficient (Wildman–Crippen LogP) is 4.86. The average Bonchev–Trinajstić information content (AvgIpc) is 2.94. The van der Waals surface area contributed by atoms with Crippen LogP contribution in [0.5, 0.6) is 0 Å². The van der Waals surface area contributed by atoms with Crippen LogP contribution in [0.2, 0.25) is 5.02 Å². The van der Waals surface area contributed by atoms with Crippen LogP contribution < -0.4 is 0 Å². The molecule has 0 aliphatic heterocycles. The number of hydrogen-bond acceptors (Lipinski definition) is 1. The van der Waals surface area contributed by atoms with E-state index in [0.717, 1.165) is 29.7 Å². The molecule has 0 saturated heterocycles. The largest absolute Gasteiger partial charge is 0.321 e. The number of halogens is 3. The van der Waals surface area contributed by atoms with Crippen LogP contribution in [0.25, 0.3) is 11.0 Å². The second-order valence-electron chi connectivity index (χ2n) is 5.46. The van der Waals surface area contributed by atoms with Crippen LogP contribution in [0.3, 0.4) is 0 Å². The summed E-state index contributed by atoms with van der Waals surface area (Å²) in [5, 5.41) is 0.106. The third-order valence-electron chi connectivity index (χ3n) is 4.11. The lowest BCUT2D eigenvalue weighted by molar-refractivity contribution is 0.331. The highest BCUT2D eigenvalue weighted by molar-refractivity contribution is 6.31. The van der Waals surface area contributed by atoms with Gasteiger partial charge in [-0.1, -0.05) is 24.4 Å². The van der Waals surface area contributed by atoms with Gasteiger partial charge in [-0.25, -0.2) is 9.37 Å². The molecule has 1 saturated carbocycles. The summed E-state index contributed by atoms with van der Waals surface area (Å²) < 4.78 is 15.9. The molecule has 0 bridgehead atoms. The summed E-state index contributed by atoms with van der Waals surface area (Å²) in [6.07, 6.45) is 4.53. The van der Waals surface area contributed by atoms with E-state index in [1.807, 2.05) is 0 Å². The summed E-state index contributed by atoms with van der Waals surface area (Å²) in [5.74, 6) is 0.713. The zero-order chi connectivity index (χ0) is 13.6. The Kier molecular flexibility index (Phi) is 3.22. The number of benzene rings is 1. The van der Waals surface area contributed by atoms with Gasteiger partial charge in [-0.05, 0) is 25.8 Å². The van der Waals surface area contributed by atoms with Crippen molar-refractivity contribution in [1.29, 1.82) is 0 Å². The van der Waals surface area contributed by atoms with Crippen molar-refractivity contribution in [3.8, 4) is 0 Å². The molecule has 3 rings (SSSR count). The Morgan fingerprint density at radius 1 is 1.37 bits per heavy atom. The monoisotopic (exact) mass is 300 g/mol. The molecule has 102 valence electrons. The van der Waals surface area contributed by atoms with Gasteiger partial charge in [-0.3, -0.25) is 0 Å². The molecule has 1 aliphatic rings. The molecule has 1 fully saturated rings. The van der Waals surface area contributed by atoms with Gasteiger partial charge in [-0.2, -0.15) is 0 Å². The minimum atomic E-state index is -0.405. The third-order valence-corrected chi connectivity index (χ3v) is 4.63. The molecule has 19 heavy (non-hydrogen) atoms. The normalized spacial score (nSPS) is 18.3. The molecule has 0 unspecified atom stereocenters. The number of fused-ring (bicyclic) bond motifs is 1. The van der Waals surface area contributed by atoms with Gasteiger partial charge in [0.05, 0.1) is 21.9 Å². The summed E-state index contributed by atoms with van der Waals surface area (Å²) in [4.78, 5) is 4.50. The molecule has 1 aromatic heterocycles. The standard InChI is InChI=1S/C14H15Cl2FN2/c1-14(4-2-3-5-14)19-12-7-10(17)9(16)6-11(12)18-13(19)8-15/h6-7H,2-5,8H2,1H3. The van der Waals surface area contributed by atoms with Crippen LogP contribution in [-0.2, 0) is 11.4 Å². The molecule has 0 radical (unpaired) electrons. The summed E-state index contributed by atoms with van der Waals surface area (Å²) in [6.45, 7) is 2.20. The van der Waals surface area contributed by atoms with Crippen LogP contribution in [0, 0.1) is 5.82 Å². The maximum Gasteiger partial charge on any atom is 0.144 e. The summed E-state index contributed by atoms with van der Waals surface area (Å²) >= 11 is 11.8. The van der Waals surface area contributed by atoms with Gasteiger partial charge in [0, 0.05) is 11.6 Å². The molecular weight excluding hydrogens is 286 g/mol. The van der Waals surface area contributed by atoms with E-state index in [0.29, 0.717) is 5.88 Å². The molecule has 0 spiro atoms. The van der Waals surface area contributed by atoms with Gasteiger partial charge < -0.3 is 4.57 Å². The lowest BCUT2D eigenvalue weighted by Gasteiger charge is -2.28. The molecular formula is C14H15Cl2FN2. The van der Waals surface area contributed by atoms with E-state index >= 15 is 0 Å². The quantitative estimate of drug-likeness (QED) is 0.725. The van der Waals surface area contributed by atoms with E-state index < -0.39 is 5.82 Å². The highest BCUT2D eigenvalue weighted by Gasteiger charge is 2.33. The fourth-order valence-electron chi connectivity index (χ4n) is 3.17. The van der Waals surface area contributed by atoms with Crippen molar-refractivity contribution < 1.29 is 4.39 Å². The van der Waals surface area contributed by atoms with Gasteiger partial charge in [0.25, 0.3) is 0 Å². The molecule has 2 aromatic rings. The SMILES string of the molecule is CC1(n2c(CCl)nc3cc(Cl)c(F)cc32)CCCC1. The second kappa shape index (κ2) is 4.64. The molecule has 1 aromatic carbocycles. The molecule has 1 heterocycles. The zero-order valence-electron chi connectivity index (χ0n) is 10.7. The van der Waals surface area contributed by atoms with Crippen molar-refractivity contribution in [2.75, 3.05) is 0 Å². The number of rotatable bonds is 2. The van der Waals surface area contributed by atoms with Crippen molar-refractivity contribution in [2.45, 2.75) is 44.0 Å². The van der Waals surface area contributed by atoms with Crippen molar-refractivity contribution >= 4 is 34.2 Å². The van der Waals surface area contributed by atoms with E-state index in [1.54, 1.807) is 6.07 Å². The Labute approximate surface area is 121 Å². The van der Waals surface area contributed by atoms with E-state index in [1.165, 1.54) is 18.9 Å². The van der Waals surface area contributed by atoms with Crippen LogP contribution in [0.15, 0.2) is 12.1 Å². The fourth-order valence-corrected chi connectivity index (χ4v) is 3.51. The smallest absolute Gasteiger partial charge is 0.144 e. The van der Waals surface area contributed by atoms with Crippen molar-refractivity contribution in [3.05, 3.63) is 28.8 Å². The third kappa shape index (κ3) is 2.03. The van der Waals surface area contributed by atoms with Gasteiger partial charge in [0.1, 0.15) is 11.6 Å². The maximum atomic E-state index is 13.7. The number of imidazole rings is 1. The average molecular weight is 301 g/mol. The predicted molar refractivity (Wildman–Crippen MR) is 76.4 cm³/mol. The Morgan fingerprint density at radius 3 is 2.68 bits per heavy atom. The first-order valence-electron chi connectivity index (χ1n) is 6.48. The minimum Gasteiger partial charge on any atom is -0.321 e. The maximum absolute atomic E-state index is 13.7. The van der Waals surface area contributed by atoms with Crippen molar-refractivity contribution in [1.82, 2.24) is 9.55 Å². The Bertz CT molecular complexity index is 630. The van der Waals surface area contributed by atoms with Gasteiger partial charge in [-0.15, -0.1) is 11.6 Å². The fraction of sp³-hybridized carbons (Fsp3) is 0.500. The van der Waals surface area contributed by atoms with Crippen LogP contribution in [0.4, 0.5) is 4.39 Å². The molecule has 1 aliphatic carbocycles. The van der Waals surface area contributed by atoms with Crippen molar-refractivity contribution in [3.63, 3.8) is 0 Å². The number of hydrogen-bond donors (Lipinski definition) is 0. The zero-order valence-corrected chi connectivity index (χ0v) is 12.2. The Morgan fingerprint density at radius 2 is 2.05 bits per heavy atom. The van der Waals surface area contributed by atoms with E-state index in [-0.39, 0.29) is 10.6 Å². The first-order valence-corrected chi connectivity index (χ1v) is 7.39. The molecule has 0 amide bonds. The van der Waals surface area contributed by atoms with Crippen LogP contribution in [-0.4, -0.2) is 9.55 Å². The number of nitrogens with zero attached hydrogens (tertiary/aromatic N) is 2. The Hall–Kier alpha value is -0.800. The summed E-state index contributed by atoms with van der Waals surface area (Å²) in [5.41, 5.74) is 1.50. The van der Waals surface area contributed by atoms with Crippen LogP contribution in [0.1, 0.15) is 38.4 Å². The first-order chi connectivity index (χ1) is 9.05. The van der Waals surface area contributed by atoms with Gasteiger partial charge in [0.2, 0.25) is 0 Å². The van der Waals surface area contributed by atoms with Gasteiger partial charge >= 0.3 is 0 Å². The topological polar surface area (TPSA) is 17.8 Å². The first kappa shape index (κ1) is 13.2. The summed E-state index contributed by atoms with van der Waals surface area (Å²) in [6, 6.07) is 3.06. The minimum absolute atomic E-state index is 0.0146. The highest BCUT2D eigenvalue weighted by Crippen LogP contribution is 2.40. The lowest BCUT2D eigenvalue weighted by Crippen LogP contribution is -2.27. The van der Waals surface area contributed by atoms with Crippen molar-refractivity contribution in [2.24, 2.45) is 0 Å². The van der Waals surface area contributed by atoms with E-state index in [4.69, 9.17) is 23.2 Å². The van der Waals surface area contributed by atoms with E-state index in [2.05, 4.69) is 16.5 Å². The molecule has 0 atom stereocenters. The highest BCUT2D eigenvalue weighted by atomic mass is 35.5. The number of alkyl halides is 1. The van der Waals surface area contributed by atoms with Gasteiger partial charge in [0.15, 0.2) is 0 Å². The summed E-state index contributed by atoms with van der Waals surface area (Å²) in [7, 11) is 0. The Balaban J connectivity index is 2.29. The van der Waals surface area contributed by atoms with Crippen LogP contribution >= 0.6 is 23.2 Å². The van der Waals surface area contributed by atoms with E-state index in [9.17, 15) is 4.39 Å². The molecule has 5 heteroatoms. The second-order valence-corrected chi connectivity index (χ2v) is 6.13.